The van der Waals surface area contributed by atoms with Crippen LogP contribution in [0.5, 0.6) is 5.75 Å². The lowest BCUT2D eigenvalue weighted by Gasteiger charge is -2.19. The lowest BCUT2D eigenvalue weighted by atomic mass is 10.2. The number of anilines is 3. The van der Waals surface area contributed by atoms with E-state index in [4.69, 9.17) is 4.74 Å². The first-order valence-corrected chi connectivity index (χ1v) is 9.18. The van der Waals surface area contributed by atoms with Gasteiger partial charge in [0.25, 0.3) is 5.91 Å². The Labute approximate surface area is 161 Å². The lowest BCUT2D eigenvalue weighted by molar-refractivity contribution is 0.102. The van der Waals surface area contributed by atoms with Crippen LogP contribution in [0.1, 0.15) is 36.5 Å². The van der Waals surface area contributed by atoms with E-state index in [0.29, 0.717) is 29.6 Å². The molecule has 2 aromatic rings. The monoisotopic (exact) mass is 371 g/mol. The van der Waals surface area contributed by atoms with Gasteiger partial charge in [-0.1, -0.05) is 19.8 Å². The molecule has 0 aliphatic carbocycles. The summed E-state index contributed by atoms with van der Waals surface area (Å²) >= 11 is 0. The first-order chi connectivity index (χ1) is 12.9. The van der Waals surface area contributed by atoms with Crippen LogP contribution in [0.4, 0.5) is 17.5 Å². The van der Waals surface area contributed by atoms with Gasteiger partial charge >= 0.3 is 0 Å². The molecule has 1 aromatic heterocycles. The van der Waals surface area contributed by atoms with Crippen molar-refractivity contribution in [2.75, 3.05) is 49.9 Å². The molecule has 0 atom stereocenters. The Kier molecular flexibility index (Phi) is 7.40. The van der Waals surface area contributed by atoms with Gasteiger partial charge in [0.2, 0.25) is 5.95 Å². The zero-order chi connectivity index (χ0) is 19.8. The number of carbonyl (C=O) groups excluding carboxylic acids is 1. The van der Waals surface area contributed by atoms with Crippen molar-refractivity contribution in [2.45, 2.75) is 26.2 Å². The van der Waals surface area contributed by atoms with E-state index in [0.717, 1.165) is 25.0 Å². The van der Waals surface area contributed by atoms with Crippen molar-refractivity contribution in [3.8, 4) is 5.75 Å². The van der Waals surface area contributed by atoms with Gasteiger partial charge in [-0.3, -0.25) is 4.79 Å². The number of nitrogens with zero attached hydrogens (tertiary/aromatic N) is 4. The lowest BCUT2D eigenvalue weighted by Crippen LogP contribution is -2.21. The zero-order valence-electron chi connectivity index (χ0n) is 16.8. The van der Waals surface area contributed by atoms with Gasteiger partial charge in [0.15, 0.2) is 5.82 Å². The van der Waals surface area contributed by atoms with E-state index in [2.05, 4.69) is 22.2 Å². The molecule has 0 saturated heterocycles. The third-order valence-electron chi connectivity index (χ3n) is 3.96. The van der Waals surface area contributed by atoms with Crippen LogP contribution in [0.3, 0.4) is 0 Å². The third kappa shape index (κ3) is 5.84. The molecule has 7 heteroatoms. The highest BCUT2D eigenvalue weighted by molar-refractivity contribution is 6.05. The summed E-state index contributed by atoms with van der Waals surface area (Å²) in [5.41, 5.74) is 1.12. The molecule has 1 N–H and O–H groups in total. The van der Waals surface area contributed by atoms with E-state index in [-0.39, 0.29) is 5.91 Å². The van der Waals surface area contributed by atoms with Crippen molar-refractivity contribution in [1.82, 2.24) is 9.97 Å². The van der Waals surface area contributed by atoms with Crippen LogP contribution in [-0.4, -0.2) is 50.7 Å². The molecule has 0 aliphatic rings. The van der Waals surface area contributed by atoms with Gasteiger partial charge in [-0.25, -0.2) is 4.98 Å². The predicted octanol–water partition coefficient (Wildman–Crippen LogP) is 3.43. The van der Waals surface area contributed by atoms with Crippen LogP contribution < -0.4 is 19.9 Å². The van der Waals surface area contributed by atoms with Crippen LogP contribution in [0, 0.1) is 0 Å². The van der Waals surface area contributed by atoms with Gasteiger partial charge in [-0.2, -0.15) is 4.98 Å². The number of unbranched alkanes of at least 4 members (excludes halogenated alkanes) is 2. The van der Waals surface area contributed by atoms with Gasteiger partial charge in [-0.05, 0) is 30.7 Å². The Morgan fingerprint density at radius 1 is 1.07 bits per heavy atom. The second-order valence-electron chi connectivity index (χ2n) is 6.73. The van der Waals surface area contributed by atoms with Gasteiger partial charge in [0.1, 0.15) is 11.4 Å². The number of amides is 1. The van der Waals surface area contributed by atoms with E-state index in [1.807, 2.05) is 50.1 Å². The summed E-state index contributed by atoms with van der Waals surface area (Å²) in [5.74, 6) is 1.80. The molecule has 0 aliphatic heterocycles. The molecule has 1 amide bonds. The van der Waals surface area contributed by atoms with E-state index in [9.17, 15) is 4.79 Å². The quantitative estimate of drug-likeness (QED) is 0.681. The smallest absolute Gasteiger partial charge is 0.255 e. The highest BCUT2D eigenvalue weighted by Crippen LogP contribution is 2.24. The number of rotatable bonds is 9. The molecule has 7 nitrogen and oxygen atoms in total. The highest BCUT2D eigenvalue weighted by atomic mass is 16.5. The molecule has 146 valence electrons. The summed E-state index contributed by atoms with van der Waals surface area (Å²) in [4.78, 5) is 25.0. The number of ether oxygens (including phenoxy) is 1. The standard InChI is InChI=1S/C20H29N5O2/c1-6-7-8-13-27-16-11-9-15(10-12-16)19(26)22-17-14-21-20(25(4)5)23-18(17)24(2)3/h9-12,14H,6-8,13H2,1-5H3,(H,22,26). The predicted molar refractivity (Wildman–Crippen MR) is 110 cm³/mol. The molecule has 27 heavy (non-hydrogen) atoms. The summed E-state index contributed by atoms with van der Waals surface area (Å²) < 4.78 is 5.68. The first-order valence-electron chi connectivity index (χ1n) is 9.18. The van der Waals surface area contributed by atoms with E-state index in [1.54, 1.807) is 18.3 Å². The van der Waals surface area contributed by atoms with Crippen molar-refractivity contribution in [2.24, 2.45) is 0 Å². The van der Waals surface area contributed by atoms with Crippen molar-refractivity contribution in [1.29, 1.82) is 0 Å². The second-order valence-corrected chi connectivity index (χ2v) is 6.73. The Bertz CT molecular complexity index is 745. The number of carbonyl (C=O) groups is 1. The summed E-state index contributed by atoms with van der Waals surface area (Å²) in [7, 11) is 7.50. The van der Waals surface area contributed by atoms with Gasteiger partial charge in [0.05, 0.1) is 12.8 Å². The Morgan fingerprint density at radius 3 is 2.37 bits per heavy atom. The molecule has 2 rings (SSSR count). The maximum atomic E-state index is 12.6. The average molecular weight is 371 g/mol. The van der Waals surface area contributed by atoms with Crippen LogP contribution >= 0.6 is 0 Å². The number of hydrogen-bond donors (Lipinski definition) is 1. The van der Waals surface area contributed by atoms with Gasteiger partial charge in [-0.15, -0.1) is 0 Å². The molecular weight excluding hydrogens is 342 g/mol. The van der Waals surface area contributed by atoms with Crippen LogP contribution in [0.2, 0.25) is 0 Å². The largest absolute Gasteiger partial charge is 0.494 e. The minimum atomic E-state index is -0.211. The normalized spacial score (nSPS) is 10.4. The fourth-order valence-corrected chi connectivity index (χ4v) is 2.45. The van der Waals surface area contributed by atoms with Crippen LogP contribution in [0.25, 0.3) is 0 Å². The van der Waals surface area contributed by atoms with E-state index in [1.165, 1.54) is 0 Å². The van der Waals surface area contributed by atoms with Gasteiger partial charge < -0.3 is 19.9 Å². The average Bonchev–Trinajstić information content (AvgIpc) is 2.65. The fraction of sp³-hybridized carbons (Fsp3) is 0.450. The maximum absolute atomic E-state index is 12.6. The van der Waals surface area contributed by atoms with E-state index >= 15 is 0 Å². The number of nitrogens with one attached hydrogen (secondary N) is 1. The number of benzene rings is 1. The summed E-state index contributed by atoms with van der Waals surface area (Å²) in [6.07, 6.45) is 4.98. The Morgan fingerprint density at radius 2 is 1.78 bits per heavy atom. The molecule has 1 aromatic carbocycles. The molecule has 0 bridgehead atoms. The number of aromatic nitrogens is 2. The minimum Gasteiger partial charge on any atom is -0.494 e. The zero-order valence-corrected chi connectivity index (χ0v) is 16.8. The summed E-state index contributed by atoms with van der Waals surface area (Å²) in [6, 6.07) is 7.16. The van der Waals surface area contributed by atoms with Crippen molar-refractivity contribution in [3.63, 3.8) is 0 Å². The van der Waals surface area contributed by atoms with Gasteiger partial charge in [0, 0.05) is 33.8 Å². The molecular formula is C20H29N5O2. The molecule has 0 radical (unpaired) electrons. The Balaban J connectivity index is 2.06. The number of hydrogen-bond acceptors (Lipinski definition) is 6. The summed E-state index contributed by atoms with van der Waals surface area (Å²) in [6.45, 7) is 2.86. The highest BCUT2D eigenvalue weighted by Gasteiger charge is 2.14. The van der Waals surface area contributed by atoms with Crippen molar-refractivity contribution < 1.29 is 9.53 Å². The second kappa shape index (κ2) is 9.75. The molecule has 0 spiro atoms. The minimum absolute atomic E-state index is 0.211. The van der Waals surface area contributed by atoms with Crippen LogP contribution in [-0.2, 0) is 0 Å². The molecule has 0 fully saturated rings. The maximum Gasteiger partial charge on any atom is 0.255 e. The van der Waals surface area contributed by atoms with Crippen molar-refractivity contribution >= 4 is 23.4 Å². The molecule has 0 saturated carbocycles. The Hall–Kier alpha value is -2.83. The SMILES string of the molecule is CCCCCOc1ccc(C(=O)Nc2cnc(N(C)C)nc2N(C)C)cc1. The van der Waals surface area contributed by atoms with Crippen molar-refractivity contribution in [3.05, 3.63) is 36.0 Å². The fourth-order valence-electron chi connectivity index (χ4n) is 2.45. The molecule has 1 heterocycles. The summed E-state index contributed by atoms with van der Waals surface area (Å²) in [5, 5.41) is 2.89. The topological polar surface area (TPSA) is 70.6 Å². The first kappa shape index (κ1) is 20.5. The molecule has 0 unspecified atom stereocenters. The third-order valence-corrected chi connectivity index (χ3v) is 3.96. The van der Waals surface area contributed by atoms with E-state index < -0.39 is 0 Å². The van der Waals surface area contributed by atoms with Crippen LogP contribution in [0.15, 0.2) is 30.5 Å².